The standard InChI is InChI=1S/C18H22N2O3/c1-2-23-17(13-18(21)20-22)7-6-14-4-3-5-16(12-14)15-8-10-19-11-9-15/h3-5,8-12,17,22H,2,6-7,13H2,1H3,(H,20,21). The van der Waals surface area contributed by atoms with Crippen molar-refractivity contribution in [1.29, 1.82) is 0 Å². The fraction of sp³-hybridized carbons (Fsp3) is 0.333. The lowest BCUT2D eigenvalue weighted by atomic mass is 10.00. The number of hydrogen-bond donors (Lipinski definition) is 2. The molecule has 0 aliphatic carbocycles. The number of ether oxygens (including phenoxy) is 1. The second-order valence-electron chi connectivity index (χ2n) is 5.29. The van der Waals surface area contributed by atoms with Crippen molar-refractivity contribution >= 4 is 5.91 Å². The minimum Gasteiger partial charge on any atom is -0.378 e. The van der Waals surface area contributed by atoms with Crippen LogP contribution in [0.2, 0.25) is 0 Å². The number of rotatable bonds is 8. The molecule has 5 heteroatoms. The Labute approximate surface area is 136 Å². The Morgan fingerprint density at radius 1 is 1.26 bits per heavy atom. The molecule has 1 amide bonds. The number of aryl methyl sites for hydroxylation is 1. The van der Waals surface area contributed by atoms with Crippen LogP contribution in [0.5, 0.6) is 0 Å². The average Bonchev–Trinajstić information content (AvgIpc) is 2.61. The predicted octanol–water partition coefficient (Wildman–Crippen LogP) is 2.98. The number of amides is 1. The van der Waals surface area contributed by atoms with Crippen molar-refractivity contribution in [3.63, 3.8) is 0 Å². The summed E-state index contributed by atoms with van der Waals surface area (Å²) in [5.74, 6) is -0.422. The Morgan fingerprint density at radius 2 is 2.04 bits per heavy atom. The summed E-state index contributed by atoms with van der Waals surface area (Å²) in [6.45, 7) is 2.44. The van der Waals surface area contributed by atoms with Crippen LogP contribution in [0.15, 0.2) is 48.8 Å². The Morgan fingerprint density at radius 3 is 2.74 bits per heavy atom. The summed E-state index contributed by atoms with van der Waals surface area (Å²) in [6.07, 6.45) is 5.05. The average molecular weight is 314 g/mol. The smallest absolute Gasteiger partial charge is 0.245 e. The highest BCUT2D eigenvalue weighted by atomic mass is 16.5. The number of carbonyl (C=O) groups excluding carboxylic acids is 1. The number of aromatic nitrogens is 1. The van der Waals surface area contributed by atoms with Crippen LogP contribution in [0.25, 0.3) is 11.1 Å². The topological polar surface area (TPSA) is 71.5 Å². The third kappa shape index (κ3) is 5.47. The van der Waals surface area contributed by atoms with E-state index in [0.29, 0.717) is 6.61 Å². The third-order valence-corrected chi connectivity index (χ3v) is 3.64. The molecule has 0 aliphatic rings. The highest BCUT2D eigenvalue weighted by Crippen LogP contribution is 2.21. The van der Waals surface area contributed by atoms with E-state index in [9.17, 15) is 4.79 Å². The summed E-state index contributed by atoms with van der Waals surface area (Å²) in [7, 11) is 0. The van der Waals surface area contributed by atoms with Gasteiger partial charge in [0, 0.05) is 19.0 Å². The summed E-state index contributed by atoms with van der Waals surface area (Å²) >= 11 is 0. The van der Waals surface area contributed by atoms with Crippen molar-refractivity contribution < 1.29 is 14.7 Å². The van der Waals surface area contributed by atoms with Gasteiger partial charge in [-0.2, -0.15) is 0 Å². The molecule has 23 heavy (non-hydrogen) atoms. The molecule has 1 unspecified atom stereocenters. The van der Waals surface area contributed by atoms with Gasteiger partial charge in [0.2, 0.25) is 5.91 Å². The SMILES string of the molecule is CCOC(CCc1cccc(-c2ccncc2)c1)CC(=O)NO. The maximum Gasteiger partial charge on any atom is 0.245 e. The molecule has 1 heterocycles. The second kappa shape index (κ2) is 9.02. The van der Waals surface area contributed by atoms with E-state index in [1.165, 1.54) is 5.56 Å². The Kier molecular flexibility index (Phi) is 6.72. The monoisotopic (exact) mass is 314 g/mol. The van der Waals surface area contributed by atoms with E-state index < -0.39 is 5.91 Å². The van der Waals surface area contributed by atoms with Gasteiger partial charge in [-0.25, -0.2) is 5.48 Å². The van der Waals surface area contributed by atoms with E-state index in [1.54, 1.807) is 17.9 Å². The second-order valence-corrected chi connectivity index (χ2v) is 5.29. The number of nitrogens with one attached hydrogen (secondary N) is 1. The number of hydrogen-bond acceptors (Lipinski definition) is 4. The highest BCUT2D eigenvalue weighted by Gasteiger charge is 2.14. The Bertz CT molecular complexity index is 617. The van der Waals surface area contributed by atoms with Crippen molar-refractivity contribution in [3.05, 3.63) is 54.4 Å². The van der Waals surface area contributed by atoms with Crippen molar-refractivity contribution in [2.24, 2.45) is 0 Å². The molecule has 0 fully saturated rings. The molecule has 0 radical (unpaired) electrons. The van der Waals surface area contributed by atoms with Crippen LogP contribution in [0, 0.1) is 0 Å². The van der Waals surface area contributed by atoms with Crippen molar-refractivity contribution in [2.45, 2.75) is 32.3 Å². The van der Waals surface area contributed by atoms with Gasteiger partial charge in [-0.3, -0.25) is 15.0 Å². The lowest BCUT2D eigenvalue weighted by Crippen LogP contribution is -2.26. The minimum atomic E-state index is -0.422. The first kappa shape index (κ1) is 17.1. The van der Waals surface area contributed by atoms with Gasteiger partial charge in [-0.15, -0.1) is 0 Å². The molecule has 2 rings (SSSR count). The van der Waals surface area contributed by atoms with Crippen molar-refractivity contribution in [1.82, 2.24) is 10.5 Å². The van der Waals surface area contributed by atoms with Gasteiger partial charge >= 0.3 is 0 Å². The first-order chi connectivity index (χ1) is 11.2. The molecular formula is C18H22N2O3. The summed E-state index contributed by atoms with van der Waals surface area (Å²) in [6, 6.07) is 12.3. The molecule has 0 spiro atoms. The van der Waals surface area contributed by atoms with E-state index in [2.05, 4.69) is 23.2 Å². The number of nitrogens with zero attached hydrogens (tertiary/aromatic N) is 1. The maximum atomic E-state index is 11.3. The Balaban J connectivity index is 2.00. The fourth-order valence-corrected chi connectivity index (χ4v) is 2.51. The quantitative estimate of drug-likeness (QED) is 0.580. The molecule has 1 aromatic heterocycles. The predicted molar refractivity (Wildman–Crippen MR) is 88.0 cm³/mol. The van der Waals surface area contributed by atoms with E-state index >= 15 is 0 Å². The molecule has 2 aromatic rings. The summed E-state index contributed by atoms with van der Waals surface area (Å²) < 4.78 is 5.57. The molecule has 0 aliphatic heterocycles. The van der Waals surface area contributed by atoms with Gasteiger partial charge in [-0.1, -0.05) is 24.3 Å². The van der Waals surface area contributed by atoms with Gasteiger partial charge in [0.15, 0.2) is 0 Å². The largest absolute Gasteiger partial charge is 0.378 e. The summed E-state index contributed by atoms with van der Waals surface area (Å²) in [4.78, 5) is 15.3. The van der Waals surface area contributed by atoms with Crippen LogP contribution in [-0.4, -0.2) is 28.8 Å². The van der Waals surface area contributed by atoms with Gasteiger partial charge in [0.25, 0.3) is 0 Å². The van der Waals surface area contributed by atoms with E-state index in [-0.39, 0.29) is 12.5 Å². The van der Waals surface area contributed by atoms with Crippen molar-refractivity contribution in [2.75, 3.05) is 6.61 Å². The van der Waals surface area contributed by atoms with Crippen LogP contribution in [0.1, 0.15) is 25.3 Å². The first-order valence-corrected chi connectivity index (χ1v) is 7.76. The number of benzene rings is 1. The van der Waals surface area contributed by atoms with Gasteiger partial charge in [0.1, 0.15) is 0 Å². The van der Waals surface area contributed by atoms with Crippen LogP contribution in [0.3, 0.4) is 0 Å². The normalized spacial score (nSPS) is 11.9. The van der Waals surface area contributed by atoms with Crippen molar-refractivity contribution in [3.8, 4) is 11.1 Å². The van der Waals surface area contributed by atoms with Crippen LogP contribution >= 0.6 is 0 Å². The molecule has 1 atom stereocenters. The molecule has 0 bridgehead atoms. The van der Waals surface area contributed by atoms with E-state index in [4.69, 9.17) is 9.94 Å². The van der Waals surface area contributed by atoms with Gasteiger partial charge in [0.05, 0.1) is 12.5 Å². The first-order valence-electron chi connectivity index (χ1n) is 7.76. The molecule has 122 valence electrons. The molecule has 2 N–H and O–H groups in total. The Hall–Kier alpha value is -2.24. The fourth-order valence-electron chi connectivity index (χ4n) is 2.51. The lowest BCUT2D eigenvalue weighted by molar-refractivity contribution is -0.132. The van der Waals surface area contributed by atoms with E-state index in [1.807, 2.05) is 25.1 Å². The zero-order valence-electron chi connectivity index (χ0n) is 13.2. The number of hydroxylamine groups is 1. The highest BCUT2D eigenvalue weighted by molar-refractivity contribution is 5.75. The molecular weight excluding hydrogens is 292 g/mol. The zero-order chi connectivity index (χ0) is 16.5. The van der Waals surface area contributed by atoms with Crippen LogP contribution < -0.4 is 5.48 Å². The van der Waals surface area contributed by atoms with Gasteiger partial charge in [-0.05, 0) is 48.6 Å². The molecule has 0 saturated heterocycles. The number of pyridine rings is 1. The minimum absolute atomic E-state index is 0.161. The summed E-state index contributed by atoms with van der Waals surface area (Å²) in [5.41, 5.74) is 5.12. The van der Waals surface area contributed by atoms with Gasteiger partial charge < -0.3 is 4.74 Å². The third-order valence-electron chi connectivity index (χ3n) is 3.64. The number of carbonyl (C=O) groups is 1. The van der Waals surface area contributed by atoms with E-state index in [0.717, 1.165) is 24.0 Å². The summed E-state index contributed by atoms with van der Waals surface area (Å²) in [5, 5.41) is 8.64. The molecule has 5 nitrogen and oxygen atoms in total. The molecule has 0 saturated carbocycles. The van der Waals surface area contributed by atoms with Crippen LogP contribution in [0.4, 0.5) is 0 Å². The van der Waals surface area contributed by atoms with Crippen LogP contribution in [-0.2, 0) is 16.0 Å². The molecule has 1 aromatic carbocycles. The lowest BCUT2D eigenvalue weighted by Gasteiger charge is -2.16. The maximum absolute atomic E-state index is 11.3. The zero-order valence-corrected chi connectivity index (χ0v) is 13.2.